The number of hydrogen-bond donors (Lipinski definition) is 1. The number of hydrogen-bond acceptors (Lipinski definition) is 3. The van der Waals surface area contributed by atoms with E-state index in [1.807, 2.05) is 18.5 Å². The van der Waals surface area contributed by atoms with Gasteiger partial charge in [0.1, 0.15) is 0 Å². The van der Waals surface area contributed by atoms with Gasteiger partial charge in [-0.3, -0.25) is 0 Å². The van der Waals surface area contributed by atoms with E-state index in [0.717, 1.165) is 5.69 Å². The third-order valence-corrected chi connectivity index (χ3v) is 2.76. The van der Waals surface area contributed by atoms with E-state index in [9.17, 15) is 4.39 Å². The van der Waals surface area contributed by atoms with Crippen molar-refractivity contribution in [3.05, 3.63) is 36.0 Å². The van der Waals surface area contributed by atoms with Crippen molar-refractivity contribution in [1.82, 2.24) is 9.55 Å². The van der Waals surface area contributed by atoms with Crippen molar-refractivity contribution >= 4 is 0 Å². The smallest absolute Gasteiger partial charge is 0.165 e. The number of nitrogens with zero attached hydrogens (tertiary/aromatic N) is 2. The molecule has 1 aromatic carbocycles. The maximum atomic E-state index is 13.8. The molecule has 0 aliphatic rings. The summed E-state index contributed by atoms with van der Waals surface area (Å²) in [5.74, 6) is -0.130. The van der Waals surface area contributed by atoms with Gasteiger partial charge in [0.2, 0.25) is 0 Å². The van der Waals surface area contributed by atoms with Crippen molar-refractivity contribution in [1.29, 1.82) is 0 Å². The van der Waals surface area contributed by atoms with Crippen molar-refractivity contribution in [2.45, 2.75) is 13.5 Å². The molecule has 2 rings (SSSR count). The number of nitrogens with two attached hydrogens (primary N) is 1. The van der Waals surface area contributed by atoms with Crippen LogP contribution >= 0.6 is 0 Å². The van der Waals surface area contributed by atoms with Gasteiger partial charge < -0.3 is 15.0 Å². The first-order valence-corrected chi connectivity index (χ1v) is 5.80. The second-order valence-electron chi connectivity index (χ2n) is 3.93. The third kappa shape index (κ3) is 2.22. The minimum absolute atomic E-state index is 0.256. The average molecular weight is 249 g/mol. The summed E-state index contributed by atoms with van der Waals surface area (Å²) in [6.07, 6.45) is 1.67. The Kier molecular flexibility index (Phi) is 3.62. The fourth-order valence-corrected chi connectivity index (χ4v) is 1.86. The van der Waals surface area contributed by atoms with Gasteiger partial charge in [-0.25, -0.2) is 9.37 Å². The quantitative estimate of drug-likeness (QED) is 0.902. The molecule has 96 valence electrons. The third-order valence-electron chi connectivity index (χ3n) is 2.76. The SMILES string of the molecule is CCOc1ccc(-c2ncn(C)c2CN)cc1F. The molecule has 0 radical (unpaired) electrons. The van der Waals surface area contributed by atoms with Gasteiger partial charge in [0.15, 0.2) is 11.6 Å². The van der Waals surface area contributed by atoms with E-state index >= 15 is 0 Å². The zero-order chi connectivity index (χ0) is 13.1. The Balaban J connectivity index is 2.42. The maximum absolute atomic E-state index is 13.8. The summed E-state index contributed by atoms with van der Waals surface area (Å²) in [6, 6.07) is 4.82. The number of halogens is 1. The van der Waals surface area contributed by atoms with E-state index in [-0.39, 0.29) is 11.6 Å². The molecule has 5 heteroatoms. The van der Waals surface area contributed by atoms with Crippen molar-refractivity contribution in [2.75, 3.05) is 6.61 Å². The predicted octanol–water partition coefficient (Wildman–Crippen LogP) is 2.08. The molecule has 18 heavy (non-hydrogen) atoms. The number of aromatic nitrogens is 2. The second-order valence-corrected chi connectivity index (χ2v) is 3.93. The zero-order valence-corrected chi connectivity index (χ0v) is 10.5. The Morgan fingerprint density at radius 3 is 2.83 bits per heavy atom. The first-order chi connectivity index (χ1) is 8.67. The van der Waals surface area contributed by atoms with Gasteiger partial charge in [-0.15, -0.1) is 0 Å². The Morgan fingerprint density at radius 2 is 2.22 bits per heavy atom. The maximum Gasteiger partial charge on any atom is 0.165 e. The Labute approximate surface area is 105 Å². The topological polar surface area (TPSA) is 53.1 Å². The molecule has 0 aliphatic carbocycles. The van der Waals surface area contributed by atoms with Crippen LogP contribution in [0.5, 0.6) is 5.75 Å². The van der Waals surface area contributed by atoms with Crippen LogP contribution in [0.25, 0.3) is 11.3 Å². The largest absolute Gasteiger partial charge is 0.491 e. The van der Waals surface area contributed by atoms with E-state index in [0.29, 0.717) is 24.4 Å². The molecular formula is C13H16FN3O. The van der Waals surface area contributed by atoms with Crippen molar-refractivity contribution < 1.29 is 9.13 Å². The molecule has 4 nitrogen and oxygen atoms in total. The lowest BCUT2D eigenvalue weighted by molar-refractivity contribution is 0.321. The summed E-state index contributed by atoms with van der Waals surface area (Å²) < 4.78 is 20.8. The summed E-state index contributed by atoms with van der Waals surface area (Å²) in [7, 11) is 1.86. The summed E-state index contributed by atoms with van der Waals surface area (Å²) >= 11 is 0. The van der Waals surface area contributed by atoms with Gasteiger partial charge in [0.05, 0.1) is 24.3 Å². The van der Waals surface area contributed by atoms with E-state index in [1.165, 1.54) is 6.07 Å². The Bertz CT molecular complexity index is 551. The molecule has 0 fully saturated rings. The van der Waals surface area contributed by atoms with Crippen LogP contribution in [0.1, 0.15) is 12.6 Å². The molecule has 0 saturated carbocycles. The lowest BCUT2D eigenvalue weighted by atomic mass is 10.1. The van der Waals surface area contributed by atoms with Crippen LogP contribution in [-0.2, 0) is 13.6 Å². The highest BCUT2D eigenvalue weighted by Crippen LogP contribution is 2.26. The van der Waals surface area contributed by atoms with Crippen LogP contribution < -0.4 is 10.5 Å². The number of benzene rings is 1. The molecule has 0 atom stereocenters. The summed E-state index contributed by atoms with van der Waals surface area (Å²) in [4.78, 5) is 4.25. The highest BCUT2D eigenvalue weighted by Gasteiger charge is 2.12. The van der Waals surface area contributed by atoms with Crippen LogP contribution in [0.3, 0.4) is 0 Å². The van der Waals surface area contributed by atoms with Crippen LogP contribution in [0.4, 0.5) is 4.39 Å². The van der Waals surface area contributed by atoms with Gasteiger partial charge >= 0.3 is 0 Å². The zero-order valence-electron chi connectivity index (χ0n) is 10.5. The molecule has 2 N–H and O–H groups in total. The average Bonchev–Trinajstić information content (AvgIpc) is 2.73. The van der Waals surface area contributed by atoms with E-state index in [1.54, 1.807) is 18.5 Å². The fraction of sp³-hybridized carbons (Fsp3) is 0.308. The molecule has 0 amide bonds. The minimum Gasteiger partial charge on any atom is -0.491 e. The molecule has 0 saturated heterocycles. The van der Waals surface area contributed by atoms with Gasteiger partial charge in [-0.1, -0.05) is 0 Å². The molecule has 1 aromatic heterocycles. The molecule has 0 bridgehead atoms. The molecule has 2 aromatic rings. The van der Waals surface area contributed by atoms with Crippen LogP contribution in [0, 0.1) is 5.82 Å². The minimum atomic E-state index is -0.386. The predicted molar refractivity (Wildman–Crippen MR) is 67.7 cm³/mol. The standard InChI is InChI=1S/C13H16FN3O/c1-3-18-12-5-4-9(6-10(12)14)13-11(7-15)17(2)8-16-13/h4-6,8H,3,7,15H2,1-2H3. The van der Waals surface area contributed by atoms with Crippen molar-refractivity contribution in [3.63, 3.8) is 0 Å². The molecule has 1 heterocycles. The van der Waals surface area contributed by atoms with Gasteiger partial charge in [-0.05, 0) is 25.1 Å². The Morgan fingerprint density at radius 1 is 1.44 bits per heavy atom. The van der Waals surface area contributed by atoms with Crippen LogP contribution in [-0.4, -0.2) is 16.2 Å². The van der Waals surface area contributed by atoms with E-state index < -0.39 is 0 Å². The highest BCUT2D eigenvalue weighted by molar-refractivity contribution is 5.63. The lowest BCUT2D eigenvalue weighted by Gasteiger charge is -2.07. The van der Waals surface area contributed by atoms with E-state index in [2.05, 4.69) is 4.98 Å². The van der Waals surface area contributed by atoms with Gasteiger partial charge in [-0.2, -0.15) is 0 Å². The number of aryl methyl sites for hydroxylation is 1. The molecule has 0 unspecified atom stereocenters. The number of imidazole rings is 1. The summed E-state index contributed by atoms with van der Waals surface area (Å²) in [6.45, 7) is 2.62. The first kappa shape index (κ1) is 12.6. The Hall–Kier alpha value is -1.88. The summed E-state index contributed by atoms with van der Waals surface area (Å²) in [5, 5.41) is 0. The van der Waals surface area contributed by atoms with Crippen molar-refractivity contribution in [3.8, 4) is 17.0 Å². The van der Waals surface area contributed by atoms with Crippen LogP contribution in [0.2, 0.25) is 0 Å². The highest BCUT2D eigenvalue weighted by atomic mass is 19.1. The summed E-state index contributed by atoms with van der Waals surface area (Å²) in [5.41, 5.74) is 7.96. The van der Waals surface area contributed by atoms with Crippen molar-refractivity contribution in [2.24, 2.45) is 12.8 Å². The number of ether oxygens (including phenoxy) is 1. The first-order valence-electron chi connectivity index (χ1n) is 5.80. The lowest BCUT2D eigenvalue weighted by Crippen LogP contribution is -2.04. The molecular weight excluding hydrogens is 233 g/mol. The fourth-order valence-electron chi connectivity index (χ4n) is 1.86. The second kappa shape index (κ2) is 5.18. The molecule has 0 spiro atoms. The monoisotopic (exact) mass is 249 g/mol. The van der Waals surface area contributed by atoms with Gasteiger partial charge in [0.25, 0.3) is 0 Å². The van der Waals surface area contributed by atoms with Crippen LogP contribution in [0.15, 0.2) is 24.5 Å². The molecule has 0 aliphatic heterocycles. The van der Waals surface area contributed by atoms with E-state index in [4.69, 9.17) is 10.5 Å². The number of rotatable bonds is 4. The van der Waals surface area contributed by atoms with Gasteiger partial charge in [0, 0.05) is 19.2 Å². The normalized spacial score (nSPS) is 10.7.